The number of hydrogen-bond acceptors (Lipinski definition) is 3. The third-order valence-corrected chi connectivity index (χ3v) is 2.31. The lowest BCUT2D eigenvalue weighted by atomic mass is 10.2. The summed E-state index contributed by atoms with van der Waals surface area (Å²) >= 11 is 0. The first kappa shape index (κ1) is 14.4. The van der Waals surface area contributed by atoms with Gasteiger partial charge in [-0.1, -0.05) is 13.8 Å². The molecule has 0 heterocycles. The monoisotopic (exact) mass is 255 g/mol. The van der Waals surface area contributed by atoms with Crippen LogP contribution in [0.1, 0.15) is 24.2 Å². The maximum atomic E-state index is 13.5. The summed E-state index contributed by atoms with van der Waals surface area (Å²) in [6.07, 6.45) is 0. The number of halogens is 1. The fourth-order valence-electron chi connectivity index (χ4n) is 1.27. The molecular formula is C13H18FNO3. The molecule has 0 aromatic heterocycles. The number of nitrogens with zero attached hydrogens (tertiary/aromatic N) is 1. The minimum absolute atomic E-state index is 0.0825. The molecule has 0 unspecified atom stereocenters. The number of carbonyl (C=O) groups excluding carboxylic acids is 1. The summed E-state index contributed by atoms with van der Waals surface area (Å²) in [7, 11) is 2.87. The van der Waals surface area contributed by atoms with Gasteiger partial charge in [0, 0.05) is 12.6 Å². The van der Waals surface area contributed by atoms with E-state index in [0.717, 1.165) is 5.06 Å². The lowest BCUT2D eigenvalue weighted by Crippen LogP contribution is -2.25. The van der Waals surface area contributed by atoms with Crippen LogP contribution in [-0.2, 0) is 4.84 Å². The number of benzene rings is 1. The van der Waals surface area contributed by atoms with Gasteiger partial charge in [-0.2, -0.15) is 0 Å². The molecule has 0 aliphatic rings. The van der Waals surface area contributed by atoms with Crippen molar-refractivity contribution in [2.24, 2.45) is 5.92 Å². The van der Waals surface area contributed by atoms with Gasteiger partial charge in [-0.25, -0.2) is 9.45 Å². The van der Waals surface area contributed by atoms with E-state index in [0.29, 0.717) is 12.2 Å². The van der Waals surface area contributed by atoms with Crippen LogP contribution in [0.4, 0.5) is 4.39 Å². The van der Waals surface area contributed by atoms with Crippen LogP contribution in [0.5, 0.6) is 5.75 Å². The van der Waals surface area contributed by atoms with E-state index in [4.69, 9.17) is 9.57 Å². The molecule has 100 valence electrons. The largest absolute Gasteiger partial charge is 0.490 e. The van der Waals surface area contributed by atoms with E-state index in [1.54, 1.807) is 0 Å². The van der Waals surface area contributed by atoms with Gasteiger partial charge in [-0.05, 0) is 24.1 Å². The first-order chi connectivity index (χ1) is 8.45. The van der Waals surface area contributed by atoms with Crippen molar-refractivity contribution < 1.29 is 18.8 Å². The zero-order valence-corrected chi connectivity index (χ0v) is 11.1. The van der Waals surface area contributed by atoms with Crippen molar-refractivity contribution in [3.8, 4) is 5.75 Å². The lowest BCUT2D eigenvalue weighted by Gasteiger charge is -2.15. The first-order valence-electron chi connectivity index (χ1n) is 5.70. The summed E-state index contributed by atoms with van der Waals surface area (Å²) < 4.78 is 18.8. The van der Waals surface area contributed by atoms with E-state index >= 15 is 0 Å². The van der Waals surface area contributed by atoms with Gasteiger partial charge in [0.1, 0.15) is 0 Å². The van der Waals surface area contributed by atoms with Gasteiger partial charge in [0.25, 0.3) is 5.91 Å². The number of ether oxygens (including phenoxy) is 1. The van der Waals surface area contributed by atoms with Crippen molar-refractivity contribution in [3.05, 3.63) is 29.6 Å². The standard InChI is InChI=1S/C13H18FNO3/c1-9(2)8-18-12-7-10(5-6-11(12)14)13(16)15(3)17-4/h5-7,9H,8H2,1-4H3. The zero-order chi connectivity index (χ0) is 13.7. The predicted octanol–water partition coefficient (Wildman–Crippen LogP) is 2.49. The Kier molecular flexibility index (Phi) is 5.09. The average Bonchev–Trinajstić information content (AvgIpc) is 2.35. The molecule has 0 radical (unpaired) electrons. The van der Waals surface area contributed by atoms with Crippen molar-refractivity contribution in [1.82, 2.24) is 5.06 Å². The van der Waals surface area contributed by atoms with Gasteiger partial charge in [-0.3, -0.25) is 9.63 Å². The Labute approximate surface area is 106 Å². The molecule has 0 aliphatic heterocycles. The van der Waals surface area contributed by atoms with Crippen LogP contribution in [0.15, 0.2) is 18.2 Å². The summed E-state index contributed by atoms with van der Waals surface area (Å²) in [4.78, 5) is 16.6. The van der Waals surface area contributed by atoms with Crippen LogP contribution in [-0.4, -0.2) is 31.7 Å². The first-order valence-corrected chi connectivity index (χ1v) is 5.70. The highest BCUT2D eigenvalue weighted by Gasteiger charge is 2.14. The van der Waals surface area contributed by atoms with Gasteiger partial charge < -0.3 is 4.74 Å². The van der Waals surface area contributed by atoms with Gasteiger partial charge in [0.2, 0.25) is 0 Å². The molecule has 0 atom stereocenters. The van der Waals surface area contributed by atoms with Crippen molar-refractivity contribution in [1.29, 1.82) is 0 Å². The minimum Gasteiger partial charge on any atom is -0.490 e. The number of hydroxylamine groups is 2. The molecule has 0 saturated carbocycles. The van der Waals surface area contributed by atoms with Gasteiger partial charge in [0.15, 0.2) is 11.6 Å². The Morgan fingerprint density at radius 3 is 2.67 bits per heavy atom. The van der Waals surface area contributed by atoms with E-state index in [1.165, 1.54) is 32.4 Å². The third kappa shape index (κ3) is 3.70. The Hall–Kier alpha value is -1.62. The van der Waals surface area contributed by atoms with Crippen LogP contribution in [0.2, 0.25) is 0 Å². The molecule has 0 fully saturated rings. The molecule has 1 aromatic carbocycles. The van der Waals surface area contributed by atoms with Crippen molar-refractivity contribution in [2.45, 2.75) is 13.8 Å². The molecule has 1 rings (SSSR count). The molecule has 0 bridgehead atoms. The lowest BCUT2D eigenvalue weighted by molar-refractivity contribution is -0.0757. The highest BCUT2D eigenvalue weighted by Crippen LogP contribution is 2.20. The summed E-state index contributed by atoms with van der Waals surface area (Å²) in [5.41, 5.74) is 0.319. The molecule has 0 saturated heterocycles. The third-order valence-electron chi connectivity index (χ3n) is 2.31. The second-order valence-corrected chi connectivity index (χ2v) is 4.34. The number of hydrogen-bond donors (Lipinski definition) is 0. The molecule has 18 heavy (non-hydrogen) atoms. The summed E-state index contributed by atoms with van der Waals surface area (Å²) in [6, 6.07) is 4.00. The SMILES string of the molecule is CON(C)C(=O)c1ccc(F)c(OCC(C)C)c1. The summed E-state index contributed by atoms with van der Waals surface area (Å²) in [5, 5.41) is 1.07. The molecule has 0 aliphatic carbocycles. The fraction of sp³-hybridized carbons (Fsp3) is 0.462. The van der Waals surface area contributed by atoms with Crippen LogP contribution >= 0.6 is 0 Å². The van der Waals surface area contributed by atoms with Crippen LogP contribution in [0.3, 0.4) is 0 Å². The van der Waals surface area contributed by atoms with Crippen molar-refractivity contribution >= 4 is 5.91 Å². The molecule has 4 nitrogen and oxygen atoms in total. The zero-order valence-electron chi connectivity index (χ0n) is 11.1. The molecule has 0 N–H and O–H groups in total. The molecular weight excluding hydrogens is 237 g/mol. The van der Waals surface area contributed by atoms with Crippen LogP contribution in [0, 0.1) is 11.7 Å². The number of amides is 1. The Morgan fingerprint density at radius 1 is 1.44 bits per heavy atom. The number of carbonyl (C=O) groups is 1. The quantitative estimate of drug-likeness (QED) is 0.759. The van der Waals surface area contributed by atoms with Crippen molar-refractivity contribution in [3.63, 3.8) is 0 Å². The van der Waals surface area contributed by atoms with Gasteiger partial charge >= 0.3 is 0 Å². The molecule has 5 heteroatoms. The topological polar surface area (TPSA) is 38.8 Å². The highest BCUT2D eigenvalue weighted by molar-refractivity contribution is 5.93. The second-order valence-electron chi connectivity index (χ2n) is 4.34. The Bertz CT molecular complexity index is 421. The molecule has 1 amide bonds. The van der Waals surface area contributed by atoms with Crippen molar-refractivity contribution in [2.75, 3.05) is 20.8 Å². The smallest absolute Gasteiger partial charge is 0.277 e. The normalized spacial score (nSPS) is 10.6. The van der Waals surface area contributed by atoms with Crippen LogP contribution in [0.25, 0.3) is 0 Å². The Balaban J connectivity index is 2.89. The average molecular weight is 255 g/mol. The maximum Gasteiger partial charge on any atom is 0.277 e. The maximum absolute atomic E-state index is 13.5. The predicted molar refractivity (Wildman–Crippen MR) is 65.8 cm³/mol. The molecule has 0 spiro atoms. The van der Waals surface area contributed by atoms with E-state index < -0.39 is 5.82 Å². The van der Waals surface area contributed by atoms with E-state index in [1.807, 2.05) is 13.8 Å². The van der Waals surface area contributed by atoms with Gasteiger partial charge in [0.05, 0.1) is 13.7 Å². The van der Waals surface area contributed by atoms with Crippen LogP contribution < -0.4 is 4.74 Å². The Morgan fingerprint density at radius 2 is 2.11 bits per heavy atom. The molecule has 1 aromatic rings. The summed E-state index contributed by atoms with van der Waals surface area (Å²) in [6.45, 7) is 4.33. The van der Waals surface area contributed by atoms with Gasteiger partial charge in [-0.15, -0.1) is 0 Å². The van der Waals surface area contributed by atoms with E-state index in [9.17, 15) is 9.18 Å². The highest BCUT2D eigenvalue weighted by atomic mass is 19.1. The second kappa shape index (κ2) is 6.35. The van der Waals surface area contributed by atoms with E-state index in [2.05, 4.69) is 0 Å². The summed E-state index contributed by atoms with van der Waals surface area (Å²) in [5.74, 6) is -0.469. The number of rotatable bonds is 5. The van der Waals surface area contributed by atoms with E-state index in [-0.39, 0.29) is 17.6 Å². The minimum atomic E-state index is -0.479. The fourth-order valence-corrected chi connectivity index (χ4v) is 1.27.